The Balaban J connectivity index is 0.827. The van der Waals surface area contributed by atoms with Crippen molar-refractivity contribution >= 4 is 57.8 Å². The highest BCUT2D eigenvalue weighted by molar-refractivity contribution is 6.05. The SMILES string of the molecule is O=C1CCC(N2Cc3cc(CN4CCN(c5ccc(Nc6ncc7nc(Nc8ccccc8)n(C8CCCC8)c7n6)cc5)CC4)cc(F)c3C2=O)C(=O)N1. The number of para-hydroxylation sites is 1. The fraction of sp³-hybridized carbons (Fsp3) is 0.350. The van der Waals surface area contributed by atoms with Crippen LogP contribution >= 0.6 is 0 Å². The number of amides is 3. The summed E-state index contributed by atoms with van der Waals surface area (Å²) in [5.41, 5.74) is 5.97. The van der Waals surface area contributed by atoms with Crippen LogP contribution in [0, 0.1) is 5.82 Å². The average molecular weight is 729 g/mol. The van der Waals surface area contributed by atoms with Gasteiger partial charge < -0.3 is 20.4 Å². The van der Waals surface area contributed by atoms with Gasteiger partial charge in [-0.3, -0.25) is 29.2 Å². The van der Waals surface area contributed by atoms with Gasteiger partial charge in [-0.1, -0.05) is 37.1 Å². The molecule has 3 N–H and O–H groups in total. The van der Waals surface area contributed by atoms with Crippen LogP contribution in [0.5, 0.6) is 0 Å². The third-order valence-corrected chi connectivity index (χ3v) is 11.1. The van der Waals surface area contributed by atoms with Crippen molar-refractivity contribution in [3.05, 3.63) is 95.4 Å². The highest BCUT2D eigenvalue weighted by atomic mass is 19.1. The molecular weight excluding hydrogens is 688 g/mol. The second kappa shape index (κ2) is 14.2. The minimum Gasteiger partial charge on any atom is -0.369 e. The summed E-state index contributed by atoms with van der Waals surface area (Å²) < 4.78 is 17.5. The number of hydrogen-bond donors (Lipinski definition) is 3. The van der Waals surface area contributed by atoms with Crippen LogP contribution in [0.2, 0.25) is 0 Å². The van der Waals surface area contributed by atoms with Crippen molar-refractivity contribution in [1.29, 1.82) is 0 Å². The summed E-state index contributed by atoms with van der Waals surface area (Å²) in [6.45, 7) is 3.93. The Morgan fingerprint density at radius 3 is 2.37 bits per heavy atom. The molecular formula is C40H41FN10O3. The molecule has 1 aliphatic carbocycles. The molecule has 0 bridgehead atoms. The lowest BCUT2D eigenvalue weighted by Gasteiger charge is -2.36. The van der Waals surface area contributed by atoms with Crippen molar-refractivity contribution < 1.29 is 18.8 Å². The highest BCUT2D eigenvalue weighted by Gasteiger charge is 2.40. The van der Waals surface area contributed by atoms with E-state index in [9.17, 15) is 14.4 Å². The van der Waals surface area contributed by atoms with Gasteiger partial charge in [-0.2, -0.15) is 4.98 Å². The molecule has 3 aliphatic heterocycles. The number of piperazine rings is 1. The minimum atomic E-state index is -0.769. The van der Waals surface area contributed by atoms with Crippen molar-refractivity contribution in [3.8, 4) is 0 Å². The van der Waals surface area contributed by atoms with Gasteiger partial charge in [0, 0.05) is 68.8 Å². The molecule has 4 aliphatic rings. The maximum Gasteiger partial charge on any atom is 0.258 e. The molecule has 1 saturated carbocycles. The van der Waals surface area contributed by atoms with Gasteiger partial charge in [0.2, 0.25) is 23.7 Å². The van der Waals surface area contributed by atoms with Crippen molar-refractivity contribution in [1.82, 2.24) is 34.6 Å². The van der Waals surface area contributed by atoms with Gasteiger partial charge in [0.1, 0.15) is 17.4 Å². The Morgan fingerprint density at radius 2 is 1.61 bits per heavy atom. The monoisotopic (exact) mass is 728 g/mol. The van der Waals surface area contributed by atoms with Crippen LogP contribution in [0.4, 0.5) is 33.3 Å². The third kappa shape index (κ3) is 6.61. The molecule has 1 unspecified atom stereocenters. The van der Waals surface area contributed by atoms with Crippen molar-refractivity contribution in [3.63, 3.8) is 0 Å². The number of carbonyl (C=O) groups excluding carboxylic acids is 3. The van der Waals surface area contributed by atoms with Crippen molar-refractivity contribution in [2.75, 3.05) is 41.7 Å². The quantitative estimate of drug-likeness (QED) is 0.163. The zero-order valence-corrected chi connectivity index (χ0v) is 29.8. The first-order chi connectivity index (χ1) is 26.4. The lowest BCUT2D eigenvalue weighted by Crippen LogP contribution is -2.52. The zero-order chi connectivity index (χ0) is 36.8. The predicted molar refractivity (Wildman–Crippen MR) is 202 cm³/mol. The number of piperidine rings is 1. The molecule has 5 heterocycles. The molecule has 54 heavy (non-hydrogen) atoms. The van der Waals surface area contributed by atoms with E-state index in [-0.39, 0.29) is 30.9 Å². The number of fused-ring (bicyclic) bond motifs is 2. The van der Waals surface area contributed by atoms with Crippen LogP contribution in [0.3, 0.4) is 0 Å². The van der Waals surface area contributed by atoms with Gasteiger partial charge in [-0.05, 0) is 72.9 Å². The minimum absolute atomic E-state index is 0.0271. The summed E-state index contributed by atoms with van der Waals surface area (Å²) >= 11 is 0. The molecule has 0 radical (unpaired) electrons. The summed E-state index contributed by atoms with van der Waals surface area (Å²) in [4.78, 5) is 57.5. The number of halogens is 1. The Kier molecular flexibility index (Phi) is 8.89. The summed E-state index contributed by atoms with van der Waals surface area (Å²) in [5.74, 6) is -0.609. The smallest absolute Gasteiger partial charge is 0.258 e. The van der Waals surface area contributed by atoms with E-state index in [0.717, 1.165) is 78.8 Å². The van der Waals surface area contributed by atoms with E-state index in [0.29, 0.717) is 24.1 Å². The van der Waals surface area contributed by atoms with E-state index in [1.165, 1.54) is 23.8 Å². The van der Waals surface area contributed by atoms with Crippen LogP contribution in [-0.2, 0) is 22.7 Å². The molecule has 14 heteroatoms. The number of nitrogens with zero attached hydrogens (tertiary/aromatic N) is 7. The van der Waals surface area contributed by atoms with Crippen molar-refractivity contribution in [2.24, 2.45) is 0 Å². The fourth-order valence-corrected chi connectivity index (χ4v) is 8.32. The van der Waals surface area contributed by atoms with E-state index < -0.39 is 23.7 Å². The van der Waals surface area contributed by atoms with Crippen LogP contribution in [0.25, 0.3) is 11.2 Å². The largest absolute Gasteiger partial charge is 0.369 e. The lowest BCUT2D eigenvalue weighted by atomic mass is 10.0. The molecule has 0 spiro atoms. The van der Waals surface area contributed by atoms with Crippen LogP contribution < -0.4 is 20.9 Å². The first-order valence-electron chi connectivity index (χ1n) is 18.7. The van der Waals surface area contributed by atoms with Crippen LogP contribution in [0.15, 0.2) is 72.9 Å². The van der Waals surface area contributed by atoms with Gasteiger partial charge in [0.15, 0.2) is 5.65 Å². The van der Waals surface area contributed by atoms with Crippen LogP contribution in [0.1, 0.15) is 66.1 Å². The average Bonchev–Trinajstić information content (AvgIpc) is 3.90. The fourth-order valence-electron chi connectivity index (χ4n) is 8.32. The highest BCUT2D eigenvalue weighted by Crippen LogP contribution is 2.36. The molecule has 3 aromatic carbocycles. The number of carbonyl (C=O) groups is 3. The molecule has 3 amide bonds. The standard InChI is InChI=1S/C40H41FN10O3/c41-31-21-25(20-26-24-50(38(54)35(26)31)33-14-15-34(52)46-37(33)53)23-48-16-18-49(19-17-48)29-12-10-28(11-13-29)43-39-42-22-32-36(47-39)51(30-8-4-5-9-30)40(45-32)44-27-6-2-1-3-7-27/h1-3,6-7,10-13,20-22,30,33H,4-5,8-9,14-19,23-24H2,(H,44,45)(H,42,43,47)(H,46,52,53). The first kappa shape index (κ1) is 33.9. The van der Waals surface area contributed by atoms with Crippen LogP contribution in [-0.4, -0.2) is 79.3 Å². The molecule has 276 valence electrons. The molecule has 2 saturated heterocycles. The van der Waals surface area contributed by atoms with E-state index in [4.69, 9.17) is 9.97 Å². The number of nitrogens with one attached hydrogen (secondary N) is 3. The molecule has 1 atom stereocenters. The summed E-state index contributed by atoms with van der Waals surface area (Å²) in [5, 5.41) is 9.18. The number of imide groups is 1. The second-order valence-electron chi connectivity index (χ2n) is 14.6. The van der Waals surface area contributed by atoms with E-state index in [2.05, 4.69) is 47.4 Å². The Bertz CT molecular complexity index is 2230. The summed E-state index contributed by atoms with van der Waals surface area (Å²) in [6.07, 6.45) is 6.77. The molecule has 2 aromatic heterocycles. The summed E-state index contributed by atoms with van der Waals surface area (Å²) in [7, 11) is 0. The molecule has 13 nitrogen and oxygen atoms in total. The van der Waals surface area contributed by atoms with Crippen molar-refractivity contribution in [2.45, 2.75) is 63.7 Å². The van der Waals surface area contributed by atoms with Gasteiger partial charge >= 0.3 is 0 Å². The third-order valence-electron chi connectivity index (χ3n) is 11.1. The Labute approximate surface area is 311 Å². The van der Waals surface area contributed by atoms with Gasteiger partial charge in [-0.15, -0.1) is 0 Å². The number of imidazole rings is 1. The number of rotatable bonds is 9. The maximum absolute atomic E-state index is 15.3. The van der Waals surface area contributed by atoms with Gasteiger partial charge in [-0.25, -0.2) is 14.4 Å². The second-order valence-corrected chi connectivity index (χ2v) is 14.6. The van der Waals surface area contributed by atoms with Gasteiger partial charge in [0.25, 0.3) is 5.91 Å². The maximum atomic E-state index is 15.3. The van der Waals surface area contributed by atoms with E-state index in [1.807, 2.05) is 48.5 Å². The number of hydrogen-bond acceptors (Lipinski definition) is 10. The normalized spacial score (nSPS) is 19.4. The molecule has 3 fully saturated rings. The first-order valence-corrected chi connectivity index (χ1v) is 18.7. The van der Waals surface area contributed by atoms with E-state index >= 15 is 4.39 Å². The molecule has 5 aromatic rings. The topological polar surface area (TPSA) is 141 Å². The molecule has 9 rings (SSSR count). The van der Waals surface area contributed by atoms with Gasteiger partial charge in [0.05, 0.1) is 11.8 Å². The Morgan fingerprint density at radius 1 is 0.852 bits per heavy atom. The number of benzene rings is 3. The summed E-state index contributed by atoms with van der Waals surface area (Å²) in [6, 6.07) is 21.2. The Hall–Kier alpha value is -5.89. The zero-order valence-electron chi connectivity index (χ0n) is 29.8. The lowest BCUT2D eigenvalue weighted by molar-refractivity contribution is -0.136. The number of anilines is 5. The predicted octanol–water partition coefficient (Wildman–Crippen LogP) is 5.65. The number of aromatic nitrogens is 4. The van der Waals surface area contributed by atoms with E-state index in [1.54, 1.807) is 6.20 Å².